The molecule has 0 spiro atoms. The van der Waals surface area contributed by atoms with Gasteiger partial charge in [-0.05, 0) is 49.4 Å². The molecular weight excluding hydrogens is 326 g/mol. The van der Waals surface area contributed by atoms with Gasteiger partial charge in [-0.25, -0.2) is 5.01 Å². The minimum absolute atomic E-state index is 0.216. The van der Waals surface area contributed by atoms with Crippen LogP contribution in [-0.2, 0) is 4.79 Å². The lowest BCUT2D eigenvalue weighted by atomic mass is 10.1. The number of carbonyl (C=O) groups excluding carboxylic acids is 1. The molecule has 1 aliphatic rings. The summed E-state index contributed by atoms with van der Waals surface area (Å²) in [5, 5.41) is 14.8. The number of carbonyl (C=O) groups is 1. The molecule has 120 valence electrons. The molecule has 0 unspecified atom stereocenters. The molecule has 0 aliphatic carbocycles. The van der Waals surface area contributed by atoms with Crippen LogP contribution in [0.3, 0.4) is 0 Å². The quantitative estimate of drug-likeness (QED) is 0.787. The van der Waals surface area contributed by atoms with Crippen molar-refractivity contribution in [3.8, 4) is 17.4 Å². The Bertz CT molecular complexity index is 872. The first-order valence-corrected chi connectivity index (χ1v) is 7.78. The molecule has 6 heteroatoms. The number of hydrazone groups is 1. The number of benzene rings is 1. The van der Waals surface area contributed by atoms with Crippen LogP contribution in [-0.4, -0.2) is 23.2 Å². The van der Waals surface area contributed by atoms with Crippen molar-refractivity contribution in [1.29, 1.82) is 5.26 Å². The number of nitrogens with zero attached hydrogens (tertiary/aromatic N) is 3. The fourth-order valence-corrected chi connectivity index (χ4v) is 2.52. The molecule has 0 fully saturated rings. The molecule has 1 amide bonds. The summed E-state index contributed by atoms with van der Waals surface area (Å²) in [6.07, 6.45) is 1.92. The van der Waals surface area contributed by atoms with Crippen LogP contribution in [0.5, 0.6) is 0 Å². The Kier molecular flexibility index (Phi) is 4.50. The smallest absolute Gasteiger partial charge is 0.276 e. The van der Waals surface area contributed by atoms with Gasteiger partial charge in [0, 0.05) is 10.6 Å². The van der Waals surface area contributed by atoms with Crippen LogP contribution >= 0.6 is 11.6 Å². The molecule has 3 rings (SSSR count). The number of hydrogen-bond donors (Lipinski definition) is 0. The Hall–Kier alpha value is -2.84. The first-order valence-electron chi connectivity index (χ1n) is 7.40. The molecule has 0 N–H and O–H groups in total. The summed E-state index contributed by atoms with van der Waals surface area (Å²) in [7, 11) is 0. The SMILES string of the molecule is CC1=NN(CCC#N)C(=O)C1=Cc1ccc(-c2ccc(Cl)cc2)o1. The van der Waals surface area contributed by atoms with E-state index >= 15 is 0 Å². The molecule has 0 saturated heterocycles. The van der Waals surface area contributed by atoms with Gasteiger partial charge in [0.2, 0.25) is 0 Å². The van der Waals surface area contributed by atoms with Gasteiger partial charge in [-0.3, -0.25) is 4.79 Å². The minimum atomic E-state index is -0.216. The van der Waals surface area contributed by atoms with Crippen molar-refractivity contribution in [3.05, 3.63) is 52.8 Å². The van der Waals surface area contributed by atoms with Crippen LogP contribution in [0, 0.1) is 11.3 Å². The molecular formula is C18H14ClN3O2. The second-order valence-corrected chi connectivity index (χ2v) is 5.73. The van der Waals surface area contributed by atoms with Crippen LogP contribution in [0.1, 0.15) is 19.1 Å². The third-order valence-electron chi connectivity index (χ3n) is 3.60. The fraction of sp³-hybridized carbons (Fsp3) is 0.167. The number of amides is 1. The molecule has 5 nitrogen and oxygen atoms in total. The van der Waals surface area contributed by atoms with Crippen LogP contribution in [0.2, 0.25) is 5.02 Å². The molecule has 24 heavy (non-hydrogen) atoms. The Morgan fingerprint density at radius 1 is 1.29 bits per heavy atom. The summed E-state index contributed by atoms with van der Waals surface area (Å²) in [6.45, 7) is 2.05. The third kappa shape index (κ3) is 3.24. The van der Waals surface area contributed by atoms with Crippen molar-refractivity contribution in [3.63, 3.8) is 0 Å². The average molecular weight is 340 g/mol. The van der Waals surface area contributed by atoms with Gasteiger partial charge in [-0.2, -0.15) is 10.4 Å². The van der Waals surface area contributed by atoms with E-state index in [2.05, 4.69) is 5.10 Å². The normalized spacial score (nSPS) is 15.7. The molecule has 0 radical (unpaired) electrons. The zero-order valence-electron chi connectivity index (χ0n) is 13.0. The van der Waals surface area contributed by atoms with Crippen molar-refractivity contribution in [2.45, 2.75) is 13.3 Å². The molecule has 2 heterocycles. The Morgan fingerprint density at radius 3 is 2.75 bits per heavy atom. The summed E-state index contributed by atoms with van der Waals surface area (Å²) in [5.74, 6) is 1.05. The van der Waals surface area contributed by atoms with E-state index in [4.69, 9.17) is 21.3 Å². The highest BCUT2D eigenvalue weighted by Crippen LogP contribution is 2.26. The van der Waals surface area contributed by atoms with E-state index in [1.54, 1.807) is 31.2 Å². The molecule has 1 aromatic carbocycles. The van der Waals surface area contributed by atoms with Gasteiger partial charge < -0.3 is 4.42 Å². The molecule has 1 aromatic heterocycles. The number of furan rings is 1. The van der Waals surface area contributed by atoms with Crippen LogP contribution < -0.4 is 0 Å². The first-order chi connectivity index (χ1) is 11.6. The number of hydrogen-bond acceptors (Lipinski definition) is 4. The van der Waals surface area contributed by atoms with Gasteiger partial charge in [-0.15, -0.1) is 0 Å². The lowest BCUT2D eigenvalue weighted by Gasteiger charge is -2.08. The van der Waals surface area contributed by atoms with Crippen molar-refractivity contribution < 1.29 is 9.21 Å². The van der Waals surface area contributed by atoms with Crippen molar-refractivity contribution >= 4 is 29.3 Å². The van der Waals surface area contributed by atoms with Gasteiger partial charge in [0.1, 0.15) is 11.5 Å². The highest BCUT2D eigenvalue weighted by molar-refractivity contribution is 6.30. The van der Waals surface area contributed by atoms with Crippen molar-refractivity contribution in [1.82, 2.24) is 5.01 Å². The van der Waals surface area contributed by atoms with Crippen molar-refractivity contribution in [2.24, 2.45) is 5.10 Å². The maximum atomic E-state index is 12.3. The molecule has 0 saturated carbocycles. The predicted octanol–water partition coefficient (Wildman–Crippen LogP) is 4.12. The lowest BCUT2D eigenvalue weighted by Crippen LogP contribution is -2.22. The Morgan fingerprint density at radius 2 is 2.04 bits per heavy atom. The molecule has 0 bridgehead atoms. The van der Waals surface area contributed by atoms with Gasteiger partial charge >= 0.3 is 0 Å². The second kappa shape index (κ2) is 6.73. The van der Waals surface area contributed by atoms with E-state index < -0.39 is 0 Å². The Balaban J connectivity index is 1.82. The highest BCUT2D eigenvalue weighted by atomic mass is 35.5. The van der Waals surface area contributed by atoms with Crippen molar-refractivity contribution in [2.75, 3.05) is 6.54 Å². The fourth-order valence-electron chi connectivity index (χ4n) is 2.39. The van der Waals surface area contributed by atoms with Crippen LogP contribution in [0.25, 0.3) is 17.4 Å². The molecule has 2 aromatic rings. The maximum absolute atomic E-state index is 12.3. The van der Waals surface area contributed by atoms with Gasteiger partial charge in [-0.1, -0.05) is 11.6 Å². The molecule has 0 atom stereocenters. The van der Waals surface area contributed by atoms with E-state index in [-0.39, 0.29) is 18.9 Å². The maximum Gasteiger partial charge on any atom is 0.276 e. The minimum Gasteiger partial charge on any atom is -0.457 e. The zero-order valence-corrected chi connectivity index (χ0v) is 13.7. The summed E-state index contributed by atoms with van der Waals surface area (Å²) < 4.78 is 5.79. The Labute approximate surface area is 144 Å². The summed E-state index contributed by atoms with van der Waals surface area (Å²) in [4.78, 5) is 12.3. The highest BCUT2D eigenvalue weighted by Gasteiger charge is 2.27. The number of rotatable bonds is 4. The van der Waals surface area contributed by atoms with E-state index in [1.807, 2.05) is 24.3 Å². The zero-order chi connectivity index (χ0) is 17.1. The average Bonchev–Trinajstić information content (AvgIpc) is 3.14. The largest absolute Gasteiger partial charge is 0.457 e. The van der Waals surface area contributed by atoms with Crippen LogP contribution in [0.4, 0.5) is 0 Å². The van der Waals surface area contributed by atoms with Gasteiger partial charge in [0.25, 0.3) is 5.91 Å². The second-order valence-electron chi connectivity index (χ2n) is 5.29. The monoisotopic (exact) mass is 339 g/mol. The number of halogens is 1. The van der Waals surface area contributed by atoms with Gasteiger partial charge in [0.05, 0.1) is 30.3 Å². The summed E-state index contributed by atoms with van der Waals surface area (Å²) in [5.41, 5.74) is 2.00. The number of nitriles is 1. The van der Waals surface area contributed by atoms with E-state index in [1.165, 1.54) is 5.01 Å². The summed E-state index contributed by atoms with van der Waals surface area (Å²) in [6, 6.07) is 13.0. The van der Waals surface area contributed by atoms with Gasteiger partial charge in [0.15, 0.2) is 0 Å². The first kappa shape index (κ1) is 16.0. The van der Waals surface area contributed by atoms with E-state index in [9.17, 15) is 4.79 Å². The van der Waals surface area contributed by atoms with E-state index in [0.29, 0.717) is 27.8 Å². The van der Waals surface area contributed by atoms with E-state index in [0.717, 1.165) is 5.56 Å². The van der Waals surface area contributed by atoms with Crippen LogP contribution in [0.15, 0.2) is 51.5 Å². The molecule has 1 aliphatic heterocycles. The summed E-state index contributed by atoms with van der Waals surface area (Å²) >= 11 is 5.88. The topological polar surface area (TPSA) is 69.6 Å². The standard InChI is InChI=1S/C18H14ClN3O2/c1-12-16(18(23)22(21-12)10-2-9-20)11-15-7-8-17(24-15)13-3-5-14(19)6-4-13/h3-8,11H,2,10H2,1H3. The third-order valence-corrected chi connectivity index (χ3v) is 3.85. The predicted molar refractivity (Wildman–Crippen MR) is 92.2 cm³/mol. The lowest BCUT2D eigenvalue weighted by molar-refractivity contribution is -0.125.